The van der Waals surface area contributed by atoms with Crippen LogP contribution in [-0.2, 0) is 4.79 Å². The zero-order valence-corrected chi connectivity index (χ0v) is 12.3. The first kappa shape index (κ1) is 13.5. The first-order chi connectivity index (χ1) is 9.74. The van der Waals surface area contributed by atoms with Gasteiger partial charge < -0.3 is 10.2 Å². The minimum absolute atomic E-state index is 0.260. The van der Waals surface area contributed by atoms with E-state index in [0.717, 1.165) is 30.3 Å². The molecule has 1 N–H and O–H groups in total. The van der Waals surface area contributed by atoms with E-state index in [2.05, 4.69) is 30.4 Å². The second-order valence-electron chi connectivity index (χ2n) is 6.28. The average molecular weight is 272 g/mol. The molecule has 2 unspecified atom stereocenters. The summed E-state index contributed by atoms with van der Waals surface area (Å²) in [5.41, 5.74) is 2.19. The van der Waals surface area contributed by atoms with Crippen molar-refractivity contribution in [3.05, 3.63) is 24.3 Å². The van der Waals surface area contributed by atoms with Crippen LogP contribution >= 0.6 is 0 Å². The van der Waals surface area contributed by atoms with Crippen molar-refractivity contribution in [2.45, 2.75) is 51.5 Å². The highest BCUT2D eigenvalue weighted by atomic mass is 16.2. The quantitative estimate of drug-likeness (QED) is 0.907. The van der Waals surface area contributed by atoms with Crippen molar-refractivity contribution in [1.29, 1.82) is 0 Å². The van der Waals surface area contributed by atoms with Crippen molar-refractivity contribution in [3.63, 3.8) is 0 Å². The molecule has 1 amide bonds. The minimum Gasteiger partial charge on any atom is -0.381 e. The zero-order valence-electron chi connectivity index (χ0n) is 12.3. The molecule has 3 rings (SSSR count). The predicted molar refractivity (Wildman–Crippen MR) is 83.1 cm³/mol. The molecular weight excluding hydrogens is 248 g/mol. The Labute approximate surface area is 121 Å². The van der Waals surface area contributed by atoms with Gasteiger partial charge in [-0.25, -0.2) is 0 Å². The second kappa shape index (κ2) is 5.86. The first-order valence-corrected chi connectivity index (χ1v) is 7.90. The Morgan fingerprint density at radius 3 is 2.80 bits per heavy atom. The van der Waals surface area contributed by atoms with E-state index in [1.54, 1.807) is 0 Å². The summed E-state index contributed by atoms with van der Waals surface area (Å²) in [4.78, 5) is 13.9. The topological polar surface area (TPSA) is 32.3 Å². The van der Waals surface area contributed by atoms with Crippen molar-refractivity contribution in [2.75, 3.05) is 16.8 Å². The Balaban J connectivity index is 1.77. The van der Waals surface area contributed by atoms with Crippen molar-refractivity contribution in [3.8, 4) is 0 Å². The van der Waals surface area contributed by atoms with Gasteiger partial charge >= 0.3 is 0 Å². The minimum atomic E-state index is 0.260. The lowest BCUT2D eigenvalue weighted by Crippen LogP contribution is -2.29. The third-order valence-electron chi connectivity index (χ3n) is 4.56. The fraction of sp³-hybridized carbons (Fsp3) is 0.588. The van der Waals surface area contributed by atoms with Crippen LogP contribution in [0.25, 0.3) is 0 Å². The fourth-order valence-electron chi connectivity index (χ4n) is 3.52. The van der Waals surface area contributed by atoms with E-state index >= 15 is 0 Å². The highest BCUT2D eigenvalue weighted by molar-refractivity contribution is 5.98. The number of carbonyl (C=O) groups is 1. The van der Waals surface area contributed by atoms with Crippen LogP contribution in [0.4, 0.5) is 11.4 Å². The van der Waals surface area contributed by atoms with E-state index in [1.165, 1.54) is 25.7 Å². The van der Waals surface area contributed by atoms with Gasteiger partial charge in [0.2, 0.25) is 5.91 Å². The van der Waals surface area contributed by atoms with Crippen molar-refractivity contribution >= 4 is 17.3 Å². The lowest BCUT2D eigenvalue weighted by molar-refractivity contribution is -0.117. The van der Waals surface area contributed by atoms with Crippen molar-refractivity contribution < 1.29 is 4.79 Å². The Kier molecular flexibility index (Phi) is 3.95. The third-order valence-corrected chi connectivity index (χ3v) is 4.56. The fourth-order valence-corrected chi connectivity index (χ4v) is 3.52. The molecule has 2 aliphatic rings. The SMILES string of the molecule is CC1CCCC(Nc2ccccc2N2CCCC2=O)C1. The van der Waals surface area contributed by atoms with Crippen molar-refractivity contribution in [2.24, 2.45) is 5.92 Å². The molecule has 20 heavy (non-hydrogen) atoms. The van der Waals surface area contributed by atoms with Crippen LogP contribution in [0.1, 0.15) is 45.4 Å². The maximum absolute atomic E-state index is 12.0. The highest BCUT2D eigenvalue weighted by Crippen LogP contribution is 2.32. The molecule has 1 heterocycles. The Bertz CT molecular complexity index is 486. The van der Waals surface area contributed by atoms with Gasteiger partial charge in [0.15, 0.2) is 0 Å². The van der Waals surface area contributed by atoms with Gasteiger partial charge in [-0.05, 0) is 37.3 Å². The van der Waals surface area contributed by atoms with E-state index in [9.17, 15) is 4.79 Å². The summed E-state index contributed by atoms with van der Waals surface area (Å²) in [5, 5.41) is 3.68. The Morgan fingerprint density at radius 2 is 2.05 bits per heavy atom. The van der Waals surface area contributed by atoms with Gasteiger partial charge in [0.1, 0.15) is 0 Å². The van der Waals surface area contributed by atoms with Gasteiger partial charge in [0, 0.05) is 19.0 Å². The summed E-state index contributed by atoms with van der Waals surface area (Å²) < 4.78 is 0. The zero-order chi connectivity index (χ0) is 13.9. The first-order valence-electron chi connectivity index (χ1n) is 7.90. The maximum atomic E-state index is 12.0. The molecule has 2 fully saturated rings. The van der Waals surface area contributed by atoms with Crippen LogP contribution in [0.2, 0.25) is 0 Å². The number of nitrogens with zero attached hydrogens (tertiary/aromatic N) is 1. The van der Waals surface area contributed by atoms with Crippen LogP contribution < -0.4 is 10.2 Å². The number of amides is 1. The molecule has 0 aromatic heterocycles. The molecule has 1 aliphatic carbocycles. The van der Waals surface area contributed by atoms with Gasteiger partial charge in [-0.1, -0.05) is 31.9 Å². The molecule has 2 atom stereocenters. The van der Waals surface area contributed by atoms with Crippen LogP contribution in [0.5, 0.6) is 0 Å². The number of benzene rings is 1. The van der Waals surface area contributed by atoms with Crippen LogP contribution in [0.3, 0.4) is 0 Å². The summed E-state index contributed by atoms with van der Waals surface area (Å²) in [6, 6.07) is 8.81. The summed E-state index contributed by atoms with van der Waals surface area (Å²) >= 11 is 0. The van der Waals surface area contributed by atoms with Gasteiger partial charge in [-0.2, -0.15) is 0 Å². The van der Waals surface area contributed by atoms with Crippen molar-refractivity contribution in [1.82, 2.24) is 0 Å². The molecule has 3 nitrogen and oxygen atoms in total. The molecule has 1 aromatic rings. The number of hydrogen-bond acceptors (Lipinski definition) is 2. The van der Waals surface area contributed by atoms with E-state index < -0.39 is 0 Å². The number of nitrogens with one attached hydrogen (secondary N) is 1. The molecule has 1 saturated heterocycles. The molecule has 1 aromatic carbocycles. The van der Waals surface area contributed by atoms with Gasteiger partial charge in [0.05, 0.1) is 11.4 Å². The number of para-hydroxylation sites is 2. The standard InChI is InChI=1S/C17H24N2O/c1-13-6-4-7-14(12-13)18-15-8-2-3-9-16(15)19-11-5-10-17(19)20/h2-3,8-9,13-14,18H,4-7,10-12H2,1H3. The van der Waals surface area contributed by atoms with Crippen LogP contribution in [0, 0.1) is 5.92 Å². The Morgan fingerprint density at radius 1 is 1.20 bits per heavy atom. The summed E-state index contributed by atoms with van der Waals surface area (Å²) in [6.07, 6.45) is 6.81. The molecular formula is C17H24N2O. The molecule has 0 radical (unpaired) electrons. The van der Waals surface area contributed by atoms with Crippen LogP contribution in [-0.4, -0.2) is 18.5 Å². The van der Waals surface area contributed by atoms with E-state index in [1.807, 2.05) is 11.0 Å². The maximum Gasteiger partial charge on any atom is 0.227 e. The number of carbonyl (C=O) groups excluding carboxylic acids is 1. The molecule has 1 saturated carbocycles. The average Bonchev–Trinajstić information content (AvgIpc) is 2.86. The van der Waals surface area contributed by atoms with Gasteiger partial charge in [0.25, 0.3) is 0 Å². The summed E-state index contributed by atoms with van der Waals surface area (Å²) in [6.45, 7) is 3.20. The third kappa shape index (κ3) is 2.82. The summed E-state index contributed by atoms with van der Waals surface area (Å²) in [7, 11) is 0. The molecule has 1 aliphatic heterocycles. The number of rotatable bonds is 3. The van der Waals surface area contributed by atoms with E-state index in [-0.39, 0.29) is 5.91 Å². The monoisotopic (exact) mass is 272 g/mol. The van der Waals surface area contributed by atoms with E-state index in [4.69, 9.17) is 0 Å². The van der Waals surface area contributed by atoms with Crippen LogP contribution in [0.15, 0.2) is 24.3 Å². The van der Waals surface area contributed by atoms with E-state index in [0.29, 0.717) is 12.5 Å². The molecule has 108 valence electrons. The normalized spacial score (nSPS) is 26.9. The second-order valence-corrected chi connectivity index (χ2v) is 6.28. The molecule has 0 spiro atoms. The lowest BCUT2D eigenvalue weighted by atomic mass is 9.87. The number of hydrogen-bond donors (Lipinski definition) is 1. The summed E-state index contributed by atoms with van der Waals surface area (Å²) in [5.74, 6) is 1.07. The lowest BCUT2D eigenvalue weighted by Gasteiger charge is -2.30. The smallest absolute Gasteiger partial charge is 0.227 e. The van der Waals surface area contributed by atoms with Gasteiger partial charge in [-0.15, -0.1) is 0 Å². The molecule has 0 bridgehead atoms. The van der Waals surface area contributed by atoms with Gasteiger partial charge in [-0.3, -0.25) is 4.79 Å². The molecule has 3 heteroatoms. The predicted octanol–water partition coefficient (Wildman–Crippen LogP) is 3.80. The number of anilines is 2. The Hall–Kier alpha value is -1.51. The highest BCUT2D eigenvalue weighted by Gasteiger charge is 2.25. The largest absolute Gasteiger partial charge is 0.381 e.